The first-order valence-corrected chi connectivity index (χ1v) is 6.64. The molecule has 0 N–H and O–H groups in total. The summed E-state index contributed by atoms with van der Waals surface area (Å²) in [5.41, 5.74) is 0. The third-order valence-electron chi connectivity index (χ3n) is 3.89. The number of halogens is 1. The second kappa shape index (κ2) is 4.37. The fourth-order valence-electron chi connectivity index (χ4n) is 3.19. The fourth-order valence-corrected chi connectivity index (χ4v) is 3.60. The van der Waals surface area contributed by atoms with Crippen LogP contribution in [0.4, 0.5) is 5.82 Å². The molecule has 0 aromatic carbocycles. The first kappa shape index (κ1) is 11.1. The topological polar surface area (TPSA) is 25.4 Å². The van der Waals surface area contributed by atoms with Crippen molar-refractivity contribution in [3.05, 3.63) is 18.3 Å². The number of methoxy groups -OCH3 is 1. The highest BCUT2D eigenvalue weighted by Gasteiger charge is 2.41. The van der Waals surface area contributed by atoms with Crippen molar-refractivity contribution in [3.8, 4) is 5.75 Å². The number of aromatic nitrogens is 1. The number of fused-ring (bicyclic) bond motifs is 2. The van der Waals surface area contributed by atoms with Crippen LogP contribution < -0.4 is 9.64 Å². The molecular weight excluding hydrogens is 236 g/mol. The van der Waals surface area contributed by atoms with Gasteiger partial charge in [0.15, 0.2) is 11.6 Å². The van der Waals surface area contributed by atoms with Crippen LogP contribution in [0.1, 0.15) is 25.7 Å². The Labute approximate surface area is 107 Å². The third-order valence-corrected chi connectivity index (χ3v) is 4.25. The van der Waals surface area contributed by atoms with E-state index in [4.69, 9.17) is 16.3 Å². The van der Waals surface area contributed by atoms with Crippen LogP contribution in [0.2, 0.25) is 0 Å². The molecule has 3 nitrogen and oxygen atoms in total. The van der Waals surface area contributed by atoms with Crippen molar-refractivity contribution < 1.29 is 4.74 Å². The normalized spacial score (nSPS) is 31.6. The number of pyridine rings is 1. The van der Waals surface area contributed by atoms with Crippen molar-refractivity contribution in [2.75, 3.05) is 12.0 Å². The molecule has 2 saturated heterocycles. The van der Waals surface area contributed by atoms with Gasteiger partial charge in [-0.05, 0) is 37.8 Å². The van der Waals surface area contributed by atoms with E-state index >= 15 is 0 Å². The van der Waals surface area contributed by atoms with Gasteiger partial charge in [0.05, 0.1) is 7.11 Å². The molecule has 4 heteroatoms. The second-order valence-corrected chi connectivity index (χ2v) is 5.51. The highest BCUT2D eigenvalue weighted by atomic mass is 35.5. The van der Waals surface area contributed by atoms with Gasteiger partial charge in [-0.3, -0.25) is 0 Å². The van der Waals surface area contributed by atoms with Crippen LogP contribution in [-0.4, -0.2) is 29.6 Å². The molecule has 17 heavy (non-hydrogen) atoms. The molecule has 2 fully saturated rings. The van der Waals surface area contributed by atoms with E-state index in [1.807, 2.05) is 18.3 Å². The van der Waals surface area contributed by atoms with Gasteiger partial charge in [0.1, 0.15) is 0 Å². The molecule has 3 rings (SSSR count). The summed E-state index contributed by atoms with van der Waals surface area (Å²) >= 11 is 6.29. The summed E-state index contributed by atoms with van der Waals surface area (Å²) in [6.07, 6.45) is 6.43. The zero-order valence-corrected chi connectivity index (χ0v) is 10.7. The third kappa shape index (κ3) is 1.86. The molecule has 1 aromatic heterocycles. The van der Waals surface area contributed by atoms with Crippen LogP contribution >= 0.6 is 11.6 Å². The van der Waals surface area contributed by atoms with E-state index in [0.717, 1.165) is 24.4 Å². The van der Waals surface area contributed by atoms with Crippen LogP contribution in [0, 0.1) is 0 Å². The van der Waals surface area contributed by atoms with Crippen LogP contribution in [0.5, 0.6) is 5.75 Å². The van der Waals surface area contributed by atoms with Gasteiger partial charge in [0.2, 0.25) is 0 Å². The molecule has 92 valence electrons. The second-order valence-electron chi connectivity index (χ2n) is 4.89. The number of anilines is 1. The van der Waals surface area contributed by atoms with Crippen LogP contribution in [-0.2, 0) is 0 Å². The first-order valence-electron chi connectivity index (χ1n) is 6.21. The Morgan fingerprint density at radius 2 is 2.06 bits per heavy atom. The van der Waals surface area contributed by atoms with Gasteiger partial charge >= 0.3 is 0 Å². The van der Waals surface area contributed by atoms with Crippen molar-refractivity contribution >= 4 is 17.4 Å². The molecular formula is C13H17ClN2O. The quantitative estimate of drug-likeness (QED) is 0.757. The minimum atomic E-state index is 0.332. The monoisotopic (exact) mass is 252 g/mol. The van der Waals surface area contributed by atoms with E-state index in [9.17, 15) is 0 Å². The molecule has 0 aliphatic carbocycles. The molecule has 2 bridgehead atoms. The molecule has 2 aliphatic rings. The fraction of sp³-hybridized carbons (Fsp3) is 0.615. The van der Waals surface area contributed by atoms with Gasteiger partial charge < -0.3 is 9.64 Å². The lowest BCUT2D eigenvalue weighted by Crippen LogP contribution is -2.44. The molecule has 2 atom stereocenters. The van der Waals surface area contributed by atoms with Crippen LogP contribution in [0.3, 0.4) is 0 Å². The minimum absolute atomic E-state index is 0.332. The maximum atomic E-state index is 6.29. The molecule has 3 heterocycles. The number of hydrogen-bond donors (Lipinski definition) is 0. The van der Waals surface area contributed by atoms with Gasteiger partial charge in [-0.1, -0.05) is 0 Å². The van der Waals surface area contributed by atoms with Gasteiger partial charge in [0.25, 0.3) is 0 Å². The number of piperidine rings is 1. The Morgan fingerprint density at radius 3 is 2.71 bits per heavy atom. The lowest BCUT2D eigenvalue weighted by atomic mass is 10.0. The molecule has 0 amide bonds. The standard InChI is InChI=1S/C13H17ClN2O/c1-17-12-3-2-6-15-13(12)16-10-4-5-11(16)8-9(14)7-10/h2-3,6,9-11H,4-5,7-8H2,1H3. The van der Waals surface area contributed by atoms with Gasteiger partial charge in [-0.25, -0.2) is 4.98 Å². The van der Waals surface area contributed by atoms with Crippen molar-refractivity contribution in [3.63, 3.8) is 0 Å². The highest BCUT2D eigenvalue weighted by molar-refractivity contribution is 6.20. The van der Waals surface area contributed by atoms with E-state index in [1.54, 1.807) is 7.11 Å². The van der Waals surface area contributed by atoms with E-state index in [-0.39, 0.29) is 0 Å². The van der Waals surface area contributed by atoms with Gasteiger partial charge in [0, 0.05) is 23.7 Å². The first-order chi connectivity index (χ1) is 8.29. The number of rotatable bonds is 2. The van der Waals surface area contributed by atoms with Crippen molar-refractivity contribution in [1.29, 1.82) is 0 Å². The molecule has 0 spiro atoms. The van der Waals surface area contributed by atoms with Crippen molar-refractivity contribution in [2.24, 2.45) is 0 Å². The van der Waals surface area contributed by atoms with Crippen LogP contribution in [0.25, 0.3) is 0 Å². The lowest BCUT2D eigenvalue weighted by molar-refractivity contribution is 0.402. The Morgan fingerprint density at radius 1 is 1.35 bits per heavy atom. The number of ether oxygens (including phenoxy) is 1. The largest absolute Gasteiger partial charge is 0.493 e. The van der Waals surface area contributed by atoms with Gasteiger partial charge in [-0.15, -0.1) is 11.6 Å². The predicted molar refractivity (Wildman–Crippen MR) is 69.0 cm³/mol. The molecule has 0 radical (unpaired) electrons. The molecule has 2 unspecified atom stereocenters. The zero-order valence-electron chi connectivity index (χ0n) is 9.97. The molecule has 1 aromatic rings. The summed E-state index contributed by atoms with van der Waals surface area (Å²) in [5, 5.41) is 0.332. The summed E-state index contributed by atoms with van der Waals surface area (Å²) in [6, 6.07) is 4.98. The summed E-state index contributed by atoms with van der Waals surface area (Å²) in [7, 11) is 1.71. The Balaban J connectivity index is 1.94. The Kier molecular flexibility index (Phi) is 2.87. The van der Waals surface area contributed by atoms with E-state index in [2.05, 4.69) is 9.88 Å². The Bertz CT molecular complexity index is 398. The lowest BCUT2D eigenvalue weighted by Gasteiger charge is -2.38. The van der Waals surface area contributed by atoms with Crippen LogP contribution in [0.15, 0.2) is 18.3 Å². The maximum Gasteiger partial charge on any atom is 0.171 e. The number of hydrogen-bond acceptors (Lipinski definition) is 3. The minimum Gasteiger partial charge on any atom is -0.493 e. The Hall–Kier alpha value is -0.960. The average Bonchev–Trinajstić information content (AvgIpc) is 2.61. The zero-order chi connectivity index (χ0) is 11.8. The average molecular weight is 253 g/mol. The molecule has 0 saturated carbocycles. The molecule has 2 aliphatic heterocycles. The summed E-state index contributed by atoms with van der Waals surface area (Å²) in [4.78, 5) is 6.93. The number of nitrogens with zero attached hydrogens (tertiary/aromatic N) is 2. The van der Waals surface area contributed by atoms with Gasteiger partial charge in [-0.2, -0.15) is 0 Å². The van der Waals surface area contributed by atoms with E-state index < -0.39 is 0 Å². The van der Waals surface area contributed by atoms with Crippen molar-refractivity contribution in [1.82, 2.24) is 4.98 Å². The summed E-state index contributed by atoms with van der Waals surface area (Å²) in [6.45, 7) is 0. The summed E-state index contributed by atoms with van der Waals surface area (Å²) < 4.78 is 5.41. The SMILES string of the molecule is COc1cccnc1N1C2CCC1CC(Cl)C2. The van der Waals surface area contributed by atoms with E-state index in [0.29, 0.717) is 17.5 Å². The predicted octanol–water partition coefficient (Wildman–Crippen LogP) is 2.83. The van der Waals surface area contributed by atoms with E-state index in [1.165, 1.54) is 12.8 Å². The maximum absolute atomic E-state index is 6.29. The number of alkyl halides is 1. The summed E-state index contributed by atoms with van der Waals surface area (Å²) in [5.74, 6) is 1.86. The highest BCUT2D eigenvalue weighted by Crippen LogP contribution is 2.42. The van der Waals surface area contributed by atoms with Crippen molar-refractivity contribution in [2.45, 2.75) is 43.1 Å². The smallest absolute Gasteiger partial charge is 0.171 e.